The largest absolute Gasteiger partial charge is 0.497 e. The van der Waals surface area contributed by atoms with E-state index in [2.05, 4.69) is 5.32 Å². The number of carbonyl (C=O) groups excluding carboxylic acids is 3. The SMILES string of the molecule is COc1ccc([C@@H]2CCCN2C(=O)c2ccc(CN3C(=O)CNC3=O)cc2)c(OC)c1. The number of likely N-dealkylation sites (tertiary alicyclic amines) is 1. The molecule has 0 unspecified atom stereocenters. The van der Waals surface area contributed by atoms with E-state index < -0.39 is 6.03 Å². The normalized spacial score (nSPS) is 18.3. The molecule has 0 aliphatic carbocycles. The number of benzene rings is 2. The third kappa shape index (κ3) is 4.05. The molecule has 2 aromatic rings. The van der Waals surface area contributed by atoms with Crippen molar-refractivity contribution in [3.05, 3.63) is 59.2 Å². The Morgan fingerprint density at radius 2 is 1.87 bits per heavy atom. The molecule has 1 N–H and O–H groups in total. The van der Waals surface area contributed by atoms with E-state index in [9.17, 15) is 14.4 Å². The second-order valence-electron chi connectivity index (χ2n) is 7.60. The summed E-state index contributed by atoms with van der Waals surface area (Å²) in [5, 5.41) is 2.50. The van der Waals surface area contributed by atoms with Crippen LogP contribution in [-0.2, 0) is 11.3 Å². The average molecular weight is 423 g/mol. The number of nitrogens with one attached hydrogen (secondary N) is 1. The van der Waals surface area contributed by atoms with Gasteiger partial charge in [-0.2, -0.15) is 0 Å². The van der Waals surface area contributed by atoms with Crippen LogP contribution in [0.25, 0.3) is 0 Å². The fourth-order valence-electron chi connectivity index (χ4n) is 4.14. The Morgan fingerprint density at radius 3 is 2.52 bits per heavy atom. The average Bonchev–Trinajstić information content (AvgIpc) is 3.41. The Balaban J connectivity index is 1.51. The van der Waals surface area contributed by atoms with Gasteiger partial charge in [0.2, 0.25) is 5.91 Å². The molecule has 0 saturated carbocycles. The lowest BCUT2D eigenvalue weighted by atomic mass is 10.0. The number of imide groups is 1. The van der Waals surface area contributed by atoms with Gasteiger partial charge in [-0.25, -0.2) is 4.79 Å². The molecule has 2 fully saturated rings. The number of carbonyl (C=O) groups is 3. The van der Waals surface area contributed by atoms with Gasteiger partial charge in [0, 0.05) is 23.7 Å². The molecular weight excluding hydrogens is 398 g/mol. The quantitative estimate of drug-likeness (QED) is 0.722. The Bertz CT molecular complexity index is 989. The lowest BCUT2D eigenvalue weighted by Crippen LogP contribution is -2.31. The van der Waals surface area contributed by atoms with Gasteiger partial charge in [-0.15, -0.1) is 0 Å². The molecule has 2 aromatic carbocycles. The van der Waals surface area contributed by atoms with E-state index in [0.29, 0.717) is 23.6 Å². The predicted octanol–water partition coefficient (Wildman–Crippen LogP) is 2.73. The van der Waals surface area contributed by atoms with Crippen molar-refractivity contribution in [3.63, 3.8) is 0 Å². The Hall–Kier alpha value is -3.55. The molecule has 0 radical (unpaired) electrons. The maximum Gasteiger partial charge on any atom is 0.324 e. The zero-order valence-electron chi connectivity index (χ0n) is 17.6. The molecule has 2 aliphatic rings. The van der Waals surface area contributed by atoms with Crippen LogP contribution in [0, 0.1) is 0 Å². The van der Waals surface area contributed by atoms with Crippen LogP contribution in [0.2, 0.25) is 0 Å². The second kappa shape index (κ2) is 8.67. The van der Waals surface area contributed by atoms with Gasteiger partial charge in [-0.3, -0.25) is 14.5 Å². The molecule has 8 nitrogen and oxygen atoms in total. The molecule has 0 bridgehead atoms. The first-order chi connectivity index (χ1) is 15.0. The molecule has 2 heterocycles. The number of rotatable bonds is 6. The lowest BCUT2D eigenvalue weighted by Gasteiger charge is -2.27. The van der Waals surface area contributed by atoms with Crippen molar-refractivity contribution in [2.45, 2.75) is 25.4 Å². The van der Waals surface area contributed by atoms with E-state index in [-0.39, 0.29) is 30.9 Å². The summed E-state index contributed by atoms with van der Waals surface area (Å²) in [5.74, 6) is 1.10. The van der Waals surface area contributed by atoms with E-state index in [1.165, 1.54) is 4.90 Å². The van der Waals surface area contributed by atoms with Crippen LogP contribution in [0.4, 0.5) is 4.79 Å². The fraction of sp³-hybridized carbons (Fsp3) is 0.348. The van der Waals surface area contributed by atoms with E-state index in [1.54, 1.807) is 38.5 Å². The smallest absolute Gasteiger partial charge is 0.324 e. The van der Waals surface area contributed by atoms with Crippen molar-refractivity contribution in [1.82, 2.24) is 15.1 Å². The number of amides is 4. The van der Waals surface area contributed by atoms with Gasteiger partial charge in [-0.05, 0) is 42.7 Å². The van der Waals surface area contributed by atoms with Gasteiger partial charge in [-0.1, -0.05) is 12.1 Å². The predicted molar refractivity (Wildman–Crippen MR) is 113 cm³/mol. The number of nitrogens with zero attached hydrogens (tertiary/aromatic N) is 2. The summed E-state index contributed by atoms with van der Waals surface area (Å²) in [4.78, 5) is 39.8. The van der Waals surface area contributed by atoms with E-state index >= 15 is 0 Å². The molecular formula is C23H25N3O5. The first-order valence-electron chi connectivity index (χ1n) is 10.2. The summed E-state index contributed by atoms with van der Waals surface area (Å²) in [6, 6.07) is 12.3. The van der Waals surface area contributed by atoms with Crippen LogP contribution in [0.5, 0.6) is 11.5 Å². The number of ether oxygens (including phenoxy) is 2. The minimum absolute atomic E-state index is 0.0283. The standard InChI is InChI=1S/C23H25N3O5/c1-30-17-9-10-18(20(12-17)31-2)19-4-3-11-25(19)22(28)16-7-5-15(6-8-16)14-26-21(27)13-24-23(26)29/h5-10,12,19H,3-4,11,13-14H2,1-2H3,(H,24,29)/t19-/m0/s1. The molecule has 4 rings (SSSR count). The maximum atomic E-state index is 13.2. The number of hydrogen-bond donors (Lipinski definition) is 1. The fourth-order valence-corrected chi connectivity index (χ4v) is 4.14. The van der Waals surface area contributed by atoms with E-state index in [1.807, 2.05) is 23.1 Å². The zero-order chi connectivity index (χ0) is 22.0. The number of hydrogen-bond acceptors (Lipinski definition) is 5. The maximum absolute atomic E-state index is 13.2. The second-order valence-corrected chi connectivity index (χ2v) is 7.60. The Labute approximate surface area is 180 Å². The first-order valence-corrected chi connectivity index (χ1v) is 10.2. The topological polar surface area (TPSA) is 88.2 Å². The highest BCUT2D eigenvalue weighted by molar-refractivity contribution is 6.01. The van der Waals surface area contributed by atoms with Gasteiger partial charge in [0.15, 0.2) is 0 Å². The summed E-state index contributed by atoms with van der Waals surface area (Å²) in [5.41, 5.74) is 2.32. The van der Waals surface area contributed by atoms with Gasteiger partial charge in [0.25, 0.3) is 5.91 Å². The van der Waals surface area contributed by atoms with Crippen LogP contribution in [0.1, 0.15) is 40.4 Å². The molecule has 0 aromatic heterocycles. The molecule has 162 valence electrons. The highest BCUT2D eigenvalue weighted by Gasteiger charge is 2.33. The van der Waals surface area contributed by atoms with Gasteiger partial charge >= 0.3 is 6.03 Å². The van der Waals surface area contributed by atoms with Crippen molar-refractivity contribution in [2.75, 3.05) is 27.3 Å². The van der Waals surface area contributed by atoms with Crippen LogP contribution in [0.15, 0.2) is 42.5 Å². The van der Waals surface area contributed by atoms with Crippen molar-refractivity contribution >= 4 is 17.8 Å². The van der Waals surface area contributed by atoms with Gasteiger partial charge in [0.05, 0.1) is 33.4 Å². The Kier molecular flexibility index (Phi) is 5.79. The first kappa shape index (κ1) is 20.7. The summed E-state index contributed by atoms with van der Waals surface area (Å²) in [6.07, 6.45) is 1.77. The molecule has 2 saturated heterocycles. The van der Waals surface area contributed by atoms with Crippen LogP contribution in [0.3, 0.4) is 0 Å². The highest BCUT2D eigenvalue weighted by Crippen LogP contribution is 2.39. The molecule has 4 amide bonds. The van der Waals surface area contributed by atoms with Crippen molar-refractivity contribution < 1.29 is 23.9 Å². The molecule has 0 spiro atoms. The monoisotopic (exact) mass is 423 g/mol. The summed E-state index contributed by atoms with van der Waals surface area (Å²) < 4.78 is 10.8. The van der Waals surface area contributed by atoms with Crippen LogP contribution < -0.4 is 14.8 Å². The summed E-state index contributed by atoms with van der Waals surface area (Å²) in [6.45, 7) is 0.887. The van der Waals surface area contributed by atoms with Crippen molar-refractivity contribution in [2.24, 2.45) is 0 Å². The Morgan fingerprint density at radius 1 is 1.10 bits per heavy atom. The highest BCUT2D eigenvalue weighted by atomic mass is 16.5. The molecule has 2 aliphatic heterocycles. The third-order valence-electron chi connectivity index (χ3n) is 5.79. The van der Waals surface area contributed by atoms with E-state index in [4.69, 9.17) is 9.47 Å². The lowest BCUT2D eigenvalue weighted by molar-refractivity contribution is -0.125. The summed E-state index contributed by atoms with van der Waals surface area (Å²) in [7, 11) is 3.22. The van der Waals surface area contributed by atoms with Crippen LogP contribution in [-0.4, -0.2) is 55.0 Å². The molecule has 8 heteroatoms. The van der Waals surface area contributed by atoms with E-state index in [0.717, 1.165) is 24.0 Å². The zero-order valence-corrected chi connectivity index (χ0v) is 17.6. The summed E-state index contributed by atoms with van der Waals surface area (Å²) >= 11 is 0. The van der Waals surface area contributed by atoms with Crippen molar-refractivity contribution in [3.8, 4) is 11.5 Å². The molecule has 31 heavy (non-hydrogen) atoms. The number of methoxy groups -OCH3 is 2. The molecule has 1 atom stereocenters. The number of urea groups is 1. The minimum atomic E-state index is -0.390. The third-order valence-corrected chi connectivity index (χ3v) is 5.79. The van der Waals surface area contributed by atoms with Crippen molar-refractivity contribution in [1.29, 1.82) is 0 Å². The minimum Gasteiger partial charge on any atom is -0.497 e. The van der Waals surface area contributed by atoms with Crippen LogP contribution >= 0.6 is 0 Å². The van der Waals surface area contributed by atoms with Gasteiger partial charge in [0.1, 0.15) is 11.5 Å². The van der Waals surface area contributed by atoms with Gasteiger partial charge < -0.3 is 19.7 Å².